The molecule has 146 valence electrons. The van der Waals surface area contributed by atoms with Gasteiger partial charge in [-0.2, -0.15) is 5.10 Å². The maximum Gasteiger partial charge on any atom is 0.494 e. The van der Waals surface area contributed by atoms with Crippen LogP contribution in [0.5, 0.6) is 0 Å². The van der Waals surface area contributed by atoms with Gasteiger partial charge in [0.2, 0.25) is 0 Å². The fourth-order valence-electron chi connectivity index (χ4n) is 2.76. The maximum atomic E-state index is 11.4. The fourth-order valence-corrected chi connectivity index (χ4v) is 2.76. The van der Waals surface area contributed by atoms with Gasteiger partial charge in [-0.3, -0.25) is 9.80 Å². The van der Waals surface area contributed by atoms with Crippen LogP contribution in [0.3, 0.4) is 0 Å². The van der Waals surface area contributed by atoms with Crippen LogP contribution in [0.4, 0.5) is 0 Å². The second-order valence-corrected chi connectivity index (χ2v) is 7.82. The van der Waals surface area contributed by atoms with Crippen molar-refractivity contribution in [3.05, 3.63) is 53.6 Å². The molecule has 1 aliphatic rings. The van der Waals surface area contributed by atoms with Crippen LogP contribution in [0.2, 0.25) is 0 Å². The van der Waals surface area contributed by atoms with E-state index < -0.39 is 18.3 Å². The van der Waals surface area contributed by atoms with Crippen LogP contribution in [-0.2, 0) is 15.9 Å². The highest BCUT2D eigenvalue weighted by Gasteiger charge is 2.51. The zero-order valence-corrected chi connectivity index (χ0v) is 16.9. The van der Waals surface area contributed by atoms with Crippen molar-refractivity contribution in [2.75, 3.05) is 7.05 Å². The Kier molecular flexibility index (Phi) is 5.63. The first kappa shape index (κ1) is 20.2. The summed E-state index contributed by atoms with van der Waals surface area (Å²) in [6.07, 6.45) is 5.86. The van der Waals surface area contributed by atoms with E-state index in [0.717, 1.165) is 11.7 Å². The van der Waals surface area contributed by atoms with Gasteiger partial charge in [-0.1, -0.05) is 18.2 Å². The summed E-state index contributed by atoms with van der Waals surface area (Å²) in [7, 11) is 1.33. The Hall–Kier alpha value is -2.58. The van der Waals surface area contributed by atoms with Gasteiger partial charge in [-0.15, -0.1) is 0 Å². The van der Waals surface area contributed by atoms with Crippen LogP contribution in [0, 0.1) is 0 Å². The number of benzene rings is 1. The maximum absolute atomic E-state index is 11.4. The minimum atomic E-state index is -0.492. The molecule has 1 saturated heterocycles. The molecule has 0 aliphatic carbocycles. The summed E-state index contributed by atoms with van der Waals surface area (Å²) in [5.74, 6) is 0.670. The molecule has 2 aromatic rings. The molecule has 1 aliphatic heterocycles. The average Bonchev–Trinajstić information content (AvgIpc) is 2.88. The summed E-state index contributed by atoms with van der Waals surface area (Å²) in [6.45, 7) is 8.50. The molecule has 28 heavy (non-hydrogen) atoms. The highest BCUT2D eigenvalue weighted by molar-refractivity contribution is 6.62. The van der Waals surface area contributed by atoms with Crippen LogP contribution in [0.25, 0.3) is 0 Å². The Morgan fingerprint density at radius 1 is 1.11 bits per heavy atom. The van der Waals surface area contributed by atoms with Gasteiger partial charge in [-0.25, -0.2) is 9.97 Å². The first-order chi connectivity index (χ1) is 13.2. The number of hydrazone groups is 1. The van der Waals surface area contributed by atoms with Crippen LogP contribution >= 0.6 is 0 Å². The van der Waals surface area contributed by atoms with Gasteiger partial charge in [0.25, 0.3) is 0 Å². The molecule has 0 atom stereocenters. The van der Waals surface area contributed by atoms with Gasteiger partial charge in [0, 0.05) is 30.6 Å². The van der Waals surface area contributed by atoms with Crippen molar-refractivity contribution in [3.63, 3.8) is 0 Å². The number of nitrogens with zero attached hydrogens (tertiary/aromatic N) is 4. The quantitative estimate of drug-likeness (QED) is 0.331. The summed E-state index contributed by atoms with van der Waals surface area (Å²) in [5.41, 5.74) is 1.24. The third kappa shape index (κ3) is 4.29. The molecule has 0 radical (unpaired) electrons. The summed E-state index contributed by atoms with van der Waals surface area (Å²) in [5, 5.41) is 6.12. The number of aromatic nitrogens is 2. The number of carbonyl (C=O) groups excluding carboxylic acids is 1. The van der Waals surface area contributed by atoms with Gasteiger partial charge >= 0.3 is 7.12 Å². The van der Waals surface area contributed by atoms with Gasteiger partial charge < -0.3 is 9.31 Å². The Morgan fingerprint density at radius 2 is 1.75 bits per heavy atom. The predicted octanol–water partition coefficient (Wildman–Crippen LogP) is 2.05. The molecule has 0 amide bonds. The Bertz CT molecular complexity index is 855. The van der Waals surface area contributed by atoms with Crippen LogP contribution in [0.1, 0.15) is 49.4 Å². The van der Waals surface area contributed by atoms with Gasteiger partial charge in [0.15, 0.2) is 6.29 Å². The standard InChI is InChI=1S/C20H25BN4O3/c1-19(2)20(3,4)28-21(27-19)17-8-7-15(14-26)16(11-17)12-24-25(5)13-18-22-9-6-10-23-18/h6-12,14H,13H2,1-5H3/b24-12-. The molecule has 1 aromatic carbocycles. The van der Waals surface area contributed by atoms with Crippen molar-refractivity contribution in [1.82, 2.24) is 15.0 Å². The summed E-state index contributed by atoms with van der Waals surface area (Å²) in [4.78, 5) is 19.8. The molecule has 1 fully saturated rings. The zero-order chi connectivity index (χ0) is 20.4. The molecular weight excluding hydrogens is 355 g/mol. The molecule has 3 rings (SSSR count). The lowest BCUT2D eigenvalue weighted by Crippen LogP contribution is -2.41. The molecule has 8 heteroatoms. The zero-order valence-electron chi connectivity index (χ0n) is 16.9. The SMILES string of the molecule is CN(Cc1ncccn1)/N=C\c1cc(B2OC(C)(C)C(C)(C)O2)ccc1C=O. The number of hydrogen-bond acceptors (Lipinski definition) is 7. The highest BCUT2D eigenvalue weighted by Crippen LogP contribution is 2.36. The van der Waals surface area contributed by atoms with E-state index in [9.17, 15) is 4.79 Å². The van der Waals surface area contributed by atoms with Crippen molar-refractivity contribution >= 4 is 25.1 Å². The van der Waals surface area contributed by atoms with Crippen LogP contribution in [-0.4, -0.2) is 52.8 Å². The lowest BCUT2D eigenvalue weighted by molar-refractivity contribution is 0.00578. The van der Waals surface area contributed by atoms with E-state index >= 15 is 0 Å². The first-order valence-corrected chi connectivity index (χ1v) is 9.17. The summed E-state index contributed by atoms with van der Waals surface area (Å²) < 4.78 is 12.2. The molecule has 2 heterocycles. The van der Waals surface area contributed by atoms with Crippen LogP contribution < -0.4 is 5.46 Å². The van der Waals surface area contributed by atoms with Crippen molar-refractivity contribution in [2.45, 2.75) is 45.4 Å². The van der Waals surface area contributed by atoms with Gasteiger partial charge in [-0.05, 0) is 39.2 Å². The third-order valence-electron chi connectivity index (χ3n) is 5.15. The average molecular weight is 380 g/mol. The largest absolute Gasteiger partial charge is 0.494 e. The smallest absolute Gasteiger partial charge is 0.399 e. The highest BCUT2D eigenvalue weighted by atomic mass is 16.7. The number of aldehydes is 1. The fraction of sp³-hybridized carbons (Fsp3) is 0.400. The molecule has 0 bridgehead atoms. The number of rotatable bonds is 6. The molecule has 0 saturated carbocycles. The molecule has 0 unspecified atom stereocenters. The summed E-state index contributed by atoms with van der Waals surface area (Å²) in [6, 6.07) is 7.26. The van der Waals surface area contributed by atoms with Crippen molar-refractivity contribution in [2.24, 2.45) is 5.10 Å². The Morgan fingerprint density at radius 3 is 2.36 bits per heavy atom. The van der Waals surface area contributed by atoms with Crippen LogP contribution in [0.15, 0.2) is 41.8 Å². The van der Waals surface area contributed by atoms with E-state index in [1.807, 2.05) is 46.9 Å². The molecule has 0 N–H and O–H groups in total. The van der Waals surface area contributed by atoms with Gasteiger partial charge in [0.05, 0.1) is 24.0 Å². The normalized spacial score (nSPS) is 17.8. The third-order valence-corrected chi connectivity index (χ3v) is 5.15. The predicted molar refractivity (Wildman–Crippen MR) is 109 cm³/mol. The topological polar surface area (TPSA) is 76.9 Å². The monoisotopic (exact) mass is 380 g/mol. The van der Waals surface area contributed by atoms with E-state index in [1.54, 1.807) is 35.7 Å². The number of carbonyl (C=O) groups is 1. The molecule has 1 aromatic heterocycles. The Labute approximate surface area is 165 Å². The van der Waals surface area contributed by atoms with E-state index in [-0.39, 0.29) is 0 Å². The molecule has 0 spiro atoms. The lowest BCUT2D eigenvalue weighted by Gasteiger charge is -2.32. The number of hydrogen-bond donors (Lipinski definition) is 0. The van der Waals surface area contributed by atoms with E-state index in [0.29, 0.717) is 23.5 Å². The molecule has 7 nitrogen and oxygen atoms in total. The minimum absolute atomic E-state index is 0.425. The Balaban J connectivity index is 1.79. The van der Waals surface area contributed by atoms with E-state index in [4.69, 9.17) is 9.31 Å². The van der Waals surface area contributed by atoms with Crippen molar-refractivity contribution < 1.29 is 14.1 Å². The first-order valence-electron chi connectivity index (χ1n) is 9.17. The second kappa shape index (κ2) is 7.81. The second-order valence-electron chi connectivity index (χ2n) is 7.82. The lowest BCUT2D eigenvalue weighted by atomic mass is 9.78. The van der Waals surface area contributed by atoms with E-state index in [2.05, 4.69) is 15.1 Å². The van der Waals surface area contributed by atoms with Crippen molar-refractivity contribution in [3.8, 4) is 0 Å². The van der Waals surface area contributed by atoms with E-state index in [1.165, 1.54) is 0 Å². The minimum Gasteiger partial charge on any atom is -0.399 e. The summed E-state index contributed by atoms with van der Waals surface area (Å²) >= 11 is 0. The molecular formula is C20H25BN4O3. The van der Waals surface area contributed by atoms with Crippen molar-refractivity contribution in [1.29, 1.82) is 0 Å². The van der Waals surface area contributed by atoms with Gasteiger partial charge in [0.1, 0.15) is 5.82 Å².